The second-order valence-corrected chi connectivity index (χ2v) is 10.3. The molecular weight excluding hydrogens is 462 g/mol. The second kappa shape index (κ2) is 12.3. The molecule has 2 saturated carbocycles. The van der Waals surface area contributed by atoms with Crippen molar-refractivity contribution in [2.75, 3.05) is 23.8 Å². The Morgan fingerprint density at radius 3 is 2.40 bits per heavy atom. The first-order valence-electron chi connectivity index (χ1n) is 12.8. The van der Waals surface area contributed by atoms with Crippen LogP contribution in [0.1, 0.15) is 75.6 Å². The van der Waals surface area contributed by atoms with Crippen molar-refractivity contribution in [3.8, 4) is 0 Å². The van der Waals surface area contributed by atoms with Gasteiger partial charge in [0.15, 0.2) is 0 Å². The van der Waals surface area contributed by atoms with Crippen molar-refractivity contribution in [3.63, 3.8) is 0 Å². The van der Waals surface area contributed by atoms with E-state index in [0.29, 0.717) is 30.4 Å². The average molecular weight is 497 g/mol. The van der Waals surface area contributed by atoms with Crippen LogP contribution in [0, 0.1) is 12.0 Å². The van der Waals surface area contributed by atoms with E-state index >= 15 is 0 Å². The van der Waals surface area contributed by atoms with Crippen molar-refractivity contribution in [1.82, 2.24) is 15.3 Å². The summed E-state index contributed by atoms with van der Waals surface area (Å²) in [6, 6.07) is 11.0. The predicted octanol–water partition coefficient (Wildman–Crippen LogP) is 4.92. The summed E-state index contributed by atoms with van der Waals surface area (Å²) in [5.74, 6) is 1.63. The summed E-state index contributed by atoms with van der Waals surface area (Å²) in [7, 11) is 1.80. The van der Waals surface area contributed by atoms with Crippen molar-refractivity contribution in [2.45, 2.75) is 76.7 Å². The Bertz CT molecular complexity index is 1000. The maximum absolute atomic E-state index is 12.4. The van der Waals surface area contributed by atoms with Gasteiger partial charge >= 0.3 is 0 Å². The summed E-state index contributed by atoms with van der Waals surface area (Å²) in [4.78, 5) is 35.4. The maximum atomic E-state index is 12.4. The molecule has 2 aliphatic rings. The molecule has 2 aliphatic carbocycles. The van der Waals surface area contributed by atoms with E-state index in [1.54, 1.807) is 11.9 Å². The number of hydrogen-bond donors (Lipinski definition) is 2. The van der Waals surface area contributed by atoms with E-state index in [0.717, 1.165) is 36.9 Å². The van der Waals surface area contributed by atoms with Gasteiger partial charge in [0.05, 0.1) is 12.6 Å². The summed E-state index contributed by atoms with van der Waals surface area (Å²) >= 11 is 6.22. The van der Waals surface area contributed by atoms with E-state index in [4.69, 9.17) is 11.6 Å². The number of aromatic nitrogens is 2. The number of carbonyl (C=O) groups excluding carboxylic acids is 2. The van der Waals surface area contributed by atoms with Crippen molar-refractivity contribution in [3.05, 3.63) is 46.9 Å². The van der Waals surface area contributed by atoms with Crippen molar-refractivity contribution >= 4 is 34.9 Å². The largest absolute Gasteiger partial charge is 0.352 e. The number of nitrogens with zero attached hydrogens (tertiary/aromatic N) is 3. The van der Waals surface area contributed by atoms with Gasteiger partial charge in [0.25, 0.3) is 0 Å². The lowest BCUT2D eigenvalue weighted by atomic mass is 9.87. The molecule has 2 fully saturated rings. The number of carbonyl (C=O) groups is 2. The highest BCUT2D eigenvalue weighted by Gasteiger charge is 2.19. The van der Waals surface area contributed by atoms with Crippen LogP contribution in [0.25, 0.3) is 0 Å². The zero-order valence-corrected chi connectivity index (χ0v) is 21.2. The molecule has 1 heterocycles. The van der Waals surface area contributed by atoms with Gasteiger partial charge in [-0.05, 0) is 49.3 Å². The molecule has 0 atom stereocenters. The molecule has 2 N–H and O–H groups in total. The minimum atomic E-state index is -0.0230. The third-order valence-corrected chi connectivity index (χ3v) is 7.12. The Labute approximate surface area is 213 Å². The van der Waals surface area contributed by atoms with Crippen LogP contribution >= 0.6 is 11.6 Å². The molecule has 0 bridgehead atoms. The Hall–Kier alpha value is -2.67. The van der Waals surface area contributed by atoms with Crippen LogP contribution in [0.4, 0.5) is 11.5 Å². The lowest BCUT2D eigenvalue weighted by Gasteiger charge is -2.20. The highest BCUT2D eigenvalue weighted by Crippen LogP contribution is 2.27. The molecule has 1 aromatic heterocycles. The van der Waals surface area contributed by atoms with Crippen LogP contribution in [-0.4, -0.2) is 41.4 Å². The molecule has 7 nitrogen and oxygen atoms in total. The fourth-order valence-electron chi connectivity index (χ4n) is 5.06. The van der Waals surface area contributed by atoms with Gasteiger partial charge in [-0.15, -0.1) is 0 Å². The second-order valence-electron chi connectivity index (χ2n) is 9.91. The number of nitrogens with one attached hydrogen (secondary N) is 2. The molecular formula is C27H35ClN5O2. The molecule has 35 heavy (non-hydrogen) atoms. The zero-order chi connectivity index (χ0) is 24.6. The fraction of sp³-hybridized carbons (Fsp3) is 0.556. The lowest BCUT2D eigenvalue weighted by molar-refractivity contribution is -0.120. The monoisotopic (exact) mass is 496 g/mol. The molecule has 4 rings (SSSR count). The number of halogens is 1. The Morgan fingerprint density at radius 2 is 1.69 bits per heavy atom. The summed E-state index contributed by atoms with van der Waals surface area (Å²) in [6.07, 6.45) is 11.6. The van der Waals surface area contributed by atoms with Crippen LogP contribution in [0.15, 0.2) is 24.3 Å². The number of likely N-dealkylation sites (N-methyl/N-ethyl adjacent to an activating group) is 1. The third kappa shape index (κ3) is 7.92. The first kappa shape index (κ1) is 25.4. The molecule has 2 amide bonds. The van der Waals surface area contributed by atoms with Gasteiger partial charge in [-0.25, -0.2) is 9.97 Å². The Balaban J connectivity index is 1.31. The number of hydrogen-bond acceptors (Lipinski definition) is 5. The third-order valence-electron chi connectivity index (χ3n) is 6.94. The summed E-state index contributed by atoms with van der Waals surface area (Å²) in [5, 5.41) is 6.33. The summed E-state index contributed by atoms with van der Waals surface area (Å²) < 4.78 is 0. The normalized spacial score (nSPS) is 16.7. The van der Waals surface area contributed by atoms with E-state index in [1.165, 1.54) is 32.1 Å². The minimum Gasteiger partial charge on any atom is -0.352 e. The quantitative estimate of drug-likeness (QED) is 0.481. The van der Waals surface area contributed by atoms with Crippen molar-refractivity contribution < 1.29 is 9.59 Å². The van der Waals surface area contributed by atoms with Gasteiger partial charge in [-0.1, -0.05) is 55.8 Å². The Kier molecular flexibility index (Phi) is 8.96. The topological polar surface area (TPSA) is 87.2 Å². The first-order chi connectivity index (χ1) is 16.9. The van der Waals surface area contributed by atoms with Gasteiger partial charge in [-0.3, -0.25) is 9.59 Å². The van der Waals surface area contributed by atoms with E-state index in [-0.39, 0.29) is 29.6 Å². The molecule has 2 aromatic rings. The van der Waals surface area contributed by atoms with E-state index in [2.05, 4.69) is 26.7 Å². The Morgan fingerprint density at radius 1 is 1.00 bits per heavy atom. The maximum Gasteiger partial charge on any atom is 0.239 e. The van der Waals surface area contributed by atoms with Crippen molar-refractivity contribution in [1.29, 1.82) is 0 Å². The average Bonchev–Trinajstić information content (AvgIpc) is 3.33. The number of rotatable bonds is 9. The van der Waals surface area contributed by atoms with Crippen LogP contribution in [-0.2, 0) is 16.0 Å². The predicted molar refractivity (Wildman–Crippen MR) is 139 cm³/mol. The number of amides is 2. The number of benzene rings is 1. The minimum absolute atomic E-state index is 0.0230. The standard InChI is InChI=1S/C27H35ClN5O2/c1-33(18-27(35)30-21-9-5-6-10-21)25-17-23(28)31-24(32-25)15-20-11-13-22(14-12-20)29-26(34)16-19-7-3-2-4-8-19/h11-14,19,21H,2-10,15-16,18H2,1H3,(H,29,34)(H,30,35). The fourth-order valence-corrected chi connectivity index (χ4v) is 5.24. The van der Waals surface area contributed by atoms with Gasteiger partial charge in [0.1, 0.15) is 16.8 Å². The van der Waals surface area contributed by atoms with E-state index < -0.39 is 0 Å². The summed E-state index contributed by atoms with van der Waals surface area (Å²) in [6.45, 7) is 0.190. The first-order valence-corrected chi connectivity index (χ1v) is 13.2. The van der Waals surface area contributed by atoms with Crippen LogP contribution in [0.2, 0.25) is 5.15 Å². The molecule has 0 aliphatic heterocycles. The molecule has 1 aromatic carbocycles. The number of anilines is 2. The van der Waals surface area contributed by atoms with Gasteiger partial charge < -0.3 is 15.5 Å². The van der Waals surface area contributed by atoms with Crippen LogP contribution in [0.3, 0.4) is 0 Å². The van der Waals surface area contributed by atoms with Crippen LogP contribution in [0.5, 0.6) is 0 Å². The highest BCUT2D eigenvalue weighted by atomic mass is 35.5. The molecule has 187 valence electrons. The van der Waals surface area contributed by atoms with E-state index in [9.17, 15) is 9.59 Å². The molecule has 8 heteroatoms. The SMILES string of the molecule is CN(CC(=O)NC1CCCC1)c1[c]c(Cl)nc(Cc2ccc(NC(=O)CC3CCCCC3)cc2)n1. The van der Waals surface area contributed by atoms with Gasteiger partial charge in [-0.2, -0.15) is 0 Å². The summed E-state index contributed by atoms with van der Waals surface area (Å²) in [5.41, 5.74) is 1.80. The van der Waals surface area contributed by atoms with E-state index in [1.807, 2.05) is 24.3 Å². The van der Waals surface area contributed by atoms with Crippen LogP contribution < -0.4 is 15.5 Å². The molecule has 1 radical (unpaired) electrons. The van der Waals surface area contributed by atoms with Crippen molar-refractivity contribution in [2.24, 2.45) is 5.92 Å². The molecule has 0 saturated heterocycles. The zero-order valence-electron chi connectivity index (χ0n) is 20.5. The lowest BCUT2D eigenvalue weighted by Crippen LogP contribution is -2.40. The highest BCUT2D eigenvalue weighted by molar-refractivity contribution is 6.29. The van der Waals surface area contributed by atoms with Gasteiger partial charge in [0.2, 0.25) is 11.8 Å². The smallest absolute Gasteiger partial charge is 0.239 e. The van der Waals surface area contributed by atoms with Gasteiger partial charge in [0, 0.05) is 31.6 Å². The molecule has 0 spiro atoms. The molecule has 0 unspecified atom stereocenters.